The number of H-pyrrole nitrogens is 1. The fraction of sp³-hybridized carbons (Fsp3) is 0.400. The lowest BCUT2D eigenvalue weighted by molar-refractivity contribution is 0.241. The number of aryl methyl sites for hydroxylation is 2. The lowest BCUT2D eigenvalue weighted by Crippen LogP contribution is -2.30. The van der Waals surface area contributed by atoms with Gasteiger partial charge in [0.15, 0.2) is 0 Å². The second-order valence-corrected chi connectivity index (χ2v) is 5.21. The van der Waals surface area contributed by atoms with Crippen LogP contribution in [0.1, 0.15) is 28.1 Å². The van der Waals surface area contributed by atoms with Gasteiger partial charge in [0.05, 0.1) is 12.0 Å². The van der Waals surface area contributed by atoms with Crippen molar-refractivity contribution in [1.29, 1.82) is 0 Å². The van der Waals surface area contributed by atoms with Gasteiger partial charge in [0, 0.05) is 31.7 Å². The highest BCUT2D eigenvalue weighted by Crippen LogP contribution is 2.18. The van der Waals surface area contributed by atoms with Crippen LogP contribution in [0.3, 0.4) is 0 Å². The Balaban J connectivity index is 1.72. The fourth-order valence-corrected chi connectivity index (χ4v) is 2.56. The average Bonchev–Trinajstić information content (AvgIpc) is 2.81. The third-order valence-corrected chi connectivity index (χ3v) is 3.84. The molecule has 0 fully saturated rings. The van der Waals surface area contributed by atoms with Gasteiger partial charge in [-0.05, 0) is 30.5 Å². The Bertz CT molecular complexity index is 557. The number of aromatic nitrogens is 2. The van der Waals surface area contributed by atoms with Gasteiger partial charge < -0.3 is 4.98 Å². The van der Waals surface area contributed by atoms with Crippen molar-refractivity contribution in [2.75, 3.05) is 6.54 Å². The van der Waals surface area contributed by atoms with E-state index in [0.717, 1.165) is 26.1 Å². The molecule has 0 bridgehead atoms. The van der Waals surface area contributed by atoms with E-state index in [9.17, 15) is 0 Å². The Morgan fingerprint density at radius 2 is 2.17 bits per heavy atom. The molecule has 0 amide bonds. The topological polar surface area (TPSA) is 31.9 Å². The maximum Gasteiger partial charge on any atom is 0.0925 e. The fourth-order valence-electron chi connectivity index (χ4n) is 2.56. The van der Waals surface area contributed by atoms with Crippen LogP contribution in [-0.4, -0.2) is 21.4 Å². The molecule has 3 heteroatoms. The third-order valence-electron chi connectivity index (χ3n) is 3.84. The quantitative estimate of drug-likeness (QED) is 0.876. The van der Waals surface area contributed by atoms with Crippen LogP contribution in [0, 0.1) is 13.8 Å². The number of fused-ring (bicyclic) bond motifs is 1. The van der Waals surface area contributed by atoms with Gasteiger partial charge in [0.1, 0.15) is 0 Å². The Labute approximate surface area is 108 Å². The molecule has 1 aromatic heterocycles. The molecule has 1 N–H and O–H groups in total. The van der Waals surface area contributed by atoms with E-state index in [4.69, 9.17) is 0 Å². The lowest BCUT2D eigenvalue weighted by atomic mass is 10.0. The molecule has 94 valence electrons. The summed E-state index contributed by atoms with van der Waals surface area (Å²) in [5.41, 5.74) is 6.67. The van der Waals surface area contributed by atoms with Gasteiger partial charge in [-0.1, -0.05) is 18.2 Å². The molecule has 2 aromatic rings. The molecule has 3 nitrogen and oxygen atoms in total. The van der Waals surface area contributed by atoms with Crippen LogP contribution in [0.5, 0.6) is 0 Å². The van der Waals surface area contributed by atoms with E-state index in [0.29, 0.717) is 0 Å². The molecule has 0 radical (unpaired) electrons. The molecule has 0 unspecified atom stereocenters. The zero-order chi connectivity index (χ0) is 12.5. The van der Waals surface area contributed by atoms with Gasteiger partial charge in [0.25, 0.3) is 0 Å². The first kappa shape index (κ1) is 11.5. The second-order valence-electron chi connectivity index (χ2n) is 5.21. The van der Waals surface area contributed by atoms with Gasteiger partial charge in [-0.25, -0.2) is 4.98 Å². The van der Waals surface area contributed by atoms with E-state index in [-0.39, 0.29) is 0 Å². The van der Waals surface area contributed by atoms with Crippen LogP contribution in [-0.2, 0) is 19.5 Å². The van der Waals surface area contributed by atoms with Crippen molar-refractivity contribution in [2.45, 2.75) is 33.4 Å². The molecule has 0 spiro atoms. The second kappa shape index (κ2) is 4.58. The lowest BCUT2D eigenvalue weighted by Gasteiger charge is -2.26. The number of imidazole rings is 1. The number of rotatable bonds is 2. The molecule has 1 aromatic carbocycles. The minimum Gasteiger partial charge on any atom is -0.348 e. The molecule has 18 heavy (non-hydrogen) atoms. The highest BCUT2D eigenvalue weighted by atomic mass is 15.1. The van der Waals surface area contributed by atoms with Crippen molar-refractivity contribution >= 4 is 0 Å². The third kappa shape index (κ3) is 2.18. The SMILES string of the molecule is Cc1ccc(CN2CCc3[nH]cnc3C2)cc1C. The predicted octanol–water partition coefficient (Wildman–Crippen LogP) is 2.58. The molecule has 1 aliphatic heterocycles. The predicted molar refractivity (Wildman–Crippen MR) is 72.3 cm³/mol. The van der Waals surface area contributed by atoms with Gasteiger partial charge >= 0.3 is 0 Å². The molecule has 0 saturated carbocycles. The number of nitrogens with one attached hydrogen (secondary N) is 1. The Morgan fingerprint density at radius 1 is 1.28 bits per heavy atom. The standard InChI is InChI=1S/C15H19N3/c1-11-3-4-13(7-12(11)2)8-18-6-5-14-15(9-18)17-10-16-14/h3-4,7,10H,5-6,8-9H2,1-2H3,(H,16,17). The van der Waals surface area contributed by atoms with Crippen molar-refractivity contribution in [3.8, 4) is 0 Å². The summed E-state index contributed by atoms with van der Waals surface area (Å²) in [5.74, 6) is 0. The first-order valence-electron chi connectivity index (χ1n) is 6.52. The van der Waals surface area contributed by atoms with E-state index in [2.05, 4.69) is 46.9 Å². The van der Waals surface area contributed by atoms with Crippen molar-refractivity contribution < 1.29 is 0 Å². The normalized spacial score (nSPS) is 15.7. The maximum atomic E-state index is 4.38. The number of hydrogen-bond acceptors (Lipinski definition) is 2. The van der Waals surface area contributed by atoms with Crippen molar-refractivity contribution in [3.05, 3.63) is 52.6 Å². The molecular weight excluding hydrogens is 222 g/mol. The largest absolute Gasteiger partial charge is 0.348 e. The highest BCUT2D eigenvalue weighted by molar-refractivity contribution is 5.30. The van der Waals surface area contributed by atoms with Crippen molar-refractivity contribution in [2.24, 2.45) is 0 Å². The van der Waals surface area contributed by atoms with E-state index >= 15 is 0 Å². The summed E-state index contributed by atoms with van der Waals surface area (Å²) in [7, 11) is 0. The molecule has 1 aliphatic rings. The number of benzene rings is 1. The van der Waals surface area contributed by atoms with Crippen LogP contribution in [0.2, 0.25) is 0 Å². The van der Waals surface area contributed by atoms with E-state index in [1.54, 1.807) is 0 Å². The minimum atomic E-state index is 0.964. The van der Waals surface area contributed by atoms with Crippen molar-refractivity contribution in [1.82, 2.24) is 14.9 Å². The molecule has 0 atom stereocenters. The van der Waals surface area contributed by atoms with Crippen LogP contribution >= 0.6 is 0 Å². The van der Waals surface area contributed by atoms with Gasteiger partial charge in [0.2, 0.25) is 0 Å². The molecule has 3 rings (SSSR count). The summed E-state index contributed by atoms with van der Waals surface area (Å²) >= 11 is 0. The molecule has 0 saturated heterocycles. The average molecular weight is 241 g/mol. The summed E-state index contributed by atoms with van der Waals surface area (Å²) in [6.45, 7) is 7.44. The summed E-state index contributed by atoms with van der Waals surface area (Å²) in [5, 5.41) is 0. The zero-order valence-corrected chi connectivity index (χ0v) is 11.0. The Hall–Kier alpha value is -1.61. The smallest absolute Gasteiger partial charge is 0.0925 e. The summed E-state index contributed by atoms with van der Waals surface area (Å²) in [4.78, 5) is 10.1. The number of aromatic amines is 1. The van der Waals surface area contributed by atoms with Gasteiger partial charge in [-0.15, -0.1) is 0 Å². The summed E-state index contributed by atoms with van der Waals surface area (Å²) in [6, 6.07) is 6.76. The number of nitrogens with zero attached hydrogens (tertiary/aromatic N) is 2. The summed E-state index contributed by atoms with van der Waals surface area (Å²) in [6.07, 6.45) is 2.89. The molecular formula is C15H19N3. The summed E-state index contributed by atoms with van der Waals surface area (Å²) < 4.78 is 0. The number of hydrogen-bond donors (Lipinski definition) is 1. The van der Waals surface area contributed by atoms with Gasteiger partial charge in [-0.2, -0.15) is 0 Å². The molecule has 2 heterocycles. The van der Waals surface area contributed by atoms with Crippen LogP contribution in [0.25, 0.3) is 0 Å². The Kier molecular flexibility index (Phi) is 2.92. The first-order valence-corrected chi connectivity index (χ1v) is 6.52. The van der Waals surface area contributed by atoms with E-state index in [1.807, 2.05) is 6.33 Å². The minimum absolute atomic E-state index is 0.964. The Morgan fingerprint density at radius 3 is 3.00 bits per heavy atom. The van der Waals surface area contributed by atoms with Crippen LogP contribution < -0.4 is 0 Å². The first-order chi connectivity index (χ1) is 8.72. The van der Waals surface area contributed by atoms with Crippen LogP contribution in [0.4, 0.5) is 0 Å². The highest BCUT2D eigenvalue weighted by Gasteiger charge is 2.18. The van der Waals surface area contributed by atoms with E-state index in [1.165, 1.54) is 28.1 Å². The van der Waals surface area contributed by atoms with E-state index < -0.39 is 0 Å². The van der Waals surface area contributed by atoms with Crippen molar-refractivity contribution in [3.63, 3.8) is 0 Å². The molecule has 0 aliphatic carbocycles. The zero-order valence-electron chi connectivity index (χ0n) is 11.0. The van der Waals surface area contributed by atoms with Crippen LogP contribution in [0.15, 0.2) is 24.5 Å². The van der Waals surface area contributed by atoms with Gasteiger partial charge in [-0.3, -0.25) is 4.90 Å². The maximum absolute atomic E-state index is 4.38. The monoisotopic (exact) mass is 241 g/mol.